The van der Waals surface area contributed by atoms with Crippen LogP contribution < -0.4 is 0 Å². The molecule has 1 N–H and O–H groups in total. The number of phenolic OH excluding ortho intramolecular Hbond substituents is 1. The molecule has 0 fully saturated rings. The highest BCUT2D eigenvalue weighted by atomic mass is 35.5. The number of rotatable bonds is 1. The second kappa shape index (κ2) is 3.68. The van der Waals surface area contributed by atoms with E-state index < -0.39 is 0 Å². The minimum atomic E-state index is 0.154. The number of benzene rings is 1. The molecule has 0 unspecified atom stereocenters. The van der Waals surface area contributed by atoms with Crippen LogP contribution in [-0.4, -0.2) is 5.11 Å². The van der Waals surface area contributed by atoms with E-state index in [4.69, 9.17) is 16.9 Å². The normalized spacial score (nSPS) is 9.69. The van der Waals surface area contributed by atoms with E-state index in [1.165, 1.54) is 0 Å². The summed E-state index contributed by atoms with van der Waals surface area (Å²) in [7, 11) is 0. The first kappa shape index (κ1) is 9.88. The summed E-state index contributed by atoms with van der Waals surface area (Å²) in [5, 5.41) is 18.7. The molecule has 0 spiro atoms. The van der Waals surface area contributed by atoms with Crippen molar-refractivity contribution in [2.45, 2.75) is 20.3 Å². The second-order valence-electron chi connectivity index (χ2n) is 2.97. The van der Waals surface area contributed by atoms with E-state index >= 15 is 0 Å². The smallest absolute Gasteiger partial charge is 0.120 e. The average Bonchev–Trinajstić information content (AvgIpc) is 2.09. The molecule has 0 saturated carbocycles. The number of nitriles is 1. The zero-order chi connectivity index (χ0) is 10.0. The van der Waals surface area contributed by atoms with Crippen molar-refractivity contribution in [3.8, 4) is 11.8 Å². The fourth-order valence-corrected chi connectivity index (χ4v) is 1.45. The summed E-state index contributed by atoms with van der Waals surface area (Å²) in [6, 6.07) is 3.58. The third-order valence-electron chi connectivity index (χ3n) is 2.05. The molecule has 0 aliphatic carbocycles. The Kier molecular flexibility index (Phi) is 2.79. The maximum atomic E-state index is 9.52. The number of hydrogen-bond acceptors (Lipinski definition) is 2. The third-order valence-corrected chi connectivity index (χ3v) is 2.63. The van der Waals surface area contributed by atoms with Crippen LogP contribution in [0.2, 0.25) is 5.02 Å². The van der Waals surface area contributed by atoms with Crippen molar-refractivity contribution < 1.29 is 5.11 Å². The van der Waals surface area contributed by atoms with E-state index in [1.807, 2.05) is 19.9 Å². The highest BCUT2D eigenvalue weighted by Crippen LogP contribution is 2.30. The van der Waals surface area contributed by atoms with Crippen LogP contribution >= 0.6 is 11.6 Å². The van der Waals surface area contributed by atoms with E-state index in [0.29, 0.717) is 10.6 Å². The molecule has 0 bridgehead atoms. The fourth-order valence-electron chi connectivity index (χ4n) is 1.28. The van der Waals surface area contributed by atoms with Crippen LogP contribution in [0.4, 0.5) is 0 Å². The van der Waals surface area contributed by atoms with Gasteiger partial charge in [0.05, 0.1) is 12.5 Å². The average molecular weight is 196 g/mol. The second-order valence-corrected chi connectivity index (χ2v) is 3.34. The van der Waals surface area contributed by atoms with Gasteiger partial charge in [-0.3, -0.25) is 0 Å². The van der Waals surface area contributed by atoms with Crippen LogP contribution in [-0.2, 0) is 6.42 Å². The van der Waals surface area contributed by atoms with E-state index in [-0.39, 0.29) is 12.2 Å². The highest BCUT2D eigenvalue weighted by Gasteiger charge is 2.10. The van der Waals surface area contributed by atoms with Gasteiger partial charge in [-0.05, 0) is 31.0 Å². The lowest BCUT2D eigenvalue weighted by Crippen LogP contribution is -1.92. The van der Waals surface area contributed by atoms with Crippen molar-refractivity contribution in [1.29, 1.82) is 5.26 Å². The molecule has 0 aliphatic heterocycles. The SMILES string of the molecule is Cc1cc(O)c(CC#N)c(C)c1Cl. The monoisotopic (exact) mass is 195 g/mol. The highest BCUT2D eigenvalue weighted by molar-refractivity contribution is 6.32. The maximum absolute atomic E-state index is 9.52. The Morgan fingerprint density at radius 2 is 2.15 bits per heavy atom. The Labute approximate surface area is 82.4 Å². The summed E-state index contributed by atoms with van der Waals surface area (Å²) in [6.45, 7) is 3.63. The number of nitrogens with zero attached hydrogens (tertiary/aromatic N) is 1. The lowest BCUT2D eigenvalue weighted by Gasteiger charge is -2.09. The van der Waals surface area contributed by atoms with Gasteiger partial charge in [-0.1, -0.05) is 11.6 Å². The van der Waals surface area contributed by atoms with Gasteiger partial charge in [-0.15, -0.1) is 0 Å². The van der Waals surface area contributed by atoms with Gasteiger partial charge in [-0.2, -0.15) is 5.26 Å². The topological polar surface area (TPSA) is 44.0 Å². The van der Waals surface area contributed by atoms with Crippen molar-refractivity contribution in [3.63, 3.8) is 0 Å². The summed E-state index contributed by atoms with van der Waals surface area (Å²) < 4.78 is 0. The first-order chi connectivity index (χ1) is 6.07. The van der Waals surface area contributed by atoms with Crippen molar-refractivity contribution in [1.82, 2.24) is 0 Å². The summed E-state index contributed by atoms with van der Waals surface area (Å²) in [6.07, 6.45) is 0.192. The first-order valence-electron chi connectivity index (χ1n) is 3.92. The van der Waals surface area contributed by atoms with Crippen molar-refractivity contribution in [3.05, 3.63) is 27.8 Å². The van der Waals surface area contributed by atoms with Crippen LogP contribution in [0.15, 0.2) is 6.07 Å². The van der Waals surface area contributed by atoms with Crippen LogP contribution in [0.25, 0.3) is 0 Å². The molecule has 3 heteroatoms. The van der Waals surface area contributed by atoms with Crippen molar-refractivity contribution >= 4 is 11.6 Å². The van der Waals surface area contributed by atoms with Crippen molar-refractivity contribution in [2.75, 3.05) is 0 Å². The van der Waals surface area contributed by atoms with Gasteiger partial charge in [0.25, 0.3) is 0 Å². The van der Waals surface area contributed by atoms with Gasteiger partial charge in [-0.25, -0.2) is 0 Å². The lowest BCUT2D eigenvalue weighted by molar-refractivity contribution is 0.469. The number of hydrogen-bond donors (Lipinski definition) is 1. The molecule has 0 atom stereocenters. The van der Waals surface area contributed by atoms with Gasteiger partial charge in [0.1, 0.15) is 5.75 Å². The molecular formula is C10H10ClNO. The number of aromatic hydroxyl groups is 1. The predicted molar refractivity (Wildman–Crippen MR) is 51.9 cm³/mol. The van der Waals surface area contributed by atoms with Gasteiger partial charge in [0, 0.05) is 10.6 Å². The Hall–Kier alpha value is -1.20. The molecule has 13 heavy (non-hydrogen) atoms. The van der Waals surface area contributed by atoms with Crippen LogP contribution in [0.1, 0.15) is 16.7 Å². The molecule has 0 aliphatic rings. The van der Waals surface area contributed by atoms with Gasteiger partial charge < -0.3 is 5.11 Å². The maximum Gasteiger partial charge on any atom is 0.120 e. The van der Waals surface area contributed by atoms with Gasteiger partial charge >= 0.3 is 0 Å². The number of aryl methyl sites for hydroxylation is 1. The molecule has 0 aromatic heterocycles. The molecule has 1 rings (SSSR count). The Morgan fingerprint density at radius 1 is 1.54 bits per heavy atom. The zero-order valence-corrected chi connectivity index (χ0v) is 8.31. The molecule has 0 amide bonds. The summed E-state index contributed by atoms with van der Waals surface area (Å²) >= 11 is 5.97. The van der Waals surface area contributed by atoms with Crippen LogP contribution in [0.3, 0.4) is 0 Å². The van der Waals surface area contributed by atoms with Gasteiger partial charge in [0.2, 0.25) is 0 Å². The fraction of sp³-hybridized carbons (Fsp3) is 0.300. The first-order valence-corrected chi connectivity index (χ1v) is 4.30. The van der Waals surface area contributed by atoms with E-state index in [2.05, 4.69) is 0 Å². The Morgan fingerprint density at radius 3 is 2.69 bits per heavy atom. The van der Waals surface area contributed by atoms with Crippen LogP contribution in [0, 0.1) is 25.2 Å². The third kappa shape index (κ3) is 1.76. The Bertz CT molecular complexity index is 379. The number of halogens is 1. The number of phenols is 1. The summed E-state index contributed by atoms with van der Waals surface area (Å²) in [4.78, 5) is 0. The minimum absolute atomic E-state index is 0.154. The quantitative estimate of drug-likeness (QED) is 0.749. The Balaban J connectivity index is 3.36. The molecular weight excluding hydrogens is 186 g/mol. The molecule has 0 saturated heterocycles. The standard InChI is InChI=1S/C10H10ClNO/c1-6-5-9(13)8(3-4-12)7(2)10(6)11/h5,13H,3H2,1-2H3. The molecule has 0 radical (unpaired) electrons. The molecule has 2 nitrogen and oxygen atoms in total. The van der Waals surface area contributed by atoms with E-state index in [1.54, 1.807) is 6.07 Å². The summed E-state index contributed by atoms with van der Waals surface area (Å²) in [5.74, 6) is 0.154. The molecule has 1 aromatic rings. The predicted octanol–water partition coefficient (Wildman–Crippen LogP) is 2.73. The van der Waals surface area contributed by atoms with E-state index in [0.717, 1.165) is 11.1 Å². The molecule has 68 valence electrons. The van der Waals surface area contributed by atoms with Crippen molar-refractivity contribution in [2.24, 2.45) is 0 Å². The molecule has 1 aromatic carbocycles. The van der Waals surface area contributed by atoms with Gasteiger partial charge in [0.15, 0.2) is 0 Å². The molecule has 0 heterocycles. The minimum Gasteiger partial charge on any atom is -0.508 e. The largest absolute Gasteiger partial charge is 0.508 e. The lowest BCUT2D eigenvalue weighted by atomic mass is 10.0. The summed E-state index contributed by atoms with van der Waals surface area (Å²) in [5.41, 5.74) is 2.25. The zero-order valence-electron chi connectivity index (χ0n) is 7.56. The van der Waals surface area contributed by atoms with Crippen LogP contribution in [0.5, 0.6) is 5.75 Å². The van der Waals surface area contributed by atoms with E-state index in [9.17, 15) is 5.11 Å².